The first-order valence-corrected chi connectivity index (χ1v) is 6.39. The van der Waals surface area contributed by atoms with Gasteiger partial charge >= 0.3 is 57.2 Å². The van der Waals surface area contributed by atoms with Gasteiger partial charge in [0.1, 0.15) is 0 Å². The van der Waals surface area contributed by atoms with Crippen molar-refractivity contribution in [1.29, 1.82) is 0 Å². The van der Waals surface area contributed by atoms with Crippen molar-refractivity contribution in [2.24, 2.45) is 0 Å². The monoisotopic (exact) mass is 218 g/mol. The van der Waals surface area contributed by atoms with Crippen molar-refractivity contribution in [3.05, 3.63) is 9.22 Å². The predicted molar refractivity (Wildman–Crippen MR) is 37.3 cm³/mol. The Kier molecular flexibility index (Phi) is 1.95. The fourth-order valence-electron chi connectivity index (χ4n) is 0.544. The van der Waals surface area contributed by atoms with Crippen LogP contribution in [0.2, 0.25) is 0 Å². The molecule has 0 aromatic heterocycles. The van der Waals surface area contributed by atoms with Gasteiger partial charge in [0.2, 0.25) is 0 Å². The predicted octanol–water partition coefficient (Wildman–Crippen LogP) is 0.152. The summed E-state index contributed by atoms with van der Waals surface area (Å²) in [6.07, 6.45) is 0. The van der Waals surface area contributed by atoms with Gasteiger partial charge in [-0.1, -0.05) is 0 Å². The van der Waals surface area contributed by atoms with Crippen LogP contribution >= 0.6 is 0 Å². The molecular weight excluding hydrogens is 210 g/mol. The molecule has 0 aliphatic carbocycles. The average molecular weight is 218 g/mol. The van der Waals surface area contributed by atoms with E-state index in [0.717, 1.165) is 0 Å². The van der Waals surface area contributed by atoms with Crippen molar-refractivity contribution >= 4 is 34.2 Å². The second-order valence-corrected chi connectivity index (χ2v) is 9.81. The molecule has 7 heavy (non-hydrogen) atoms. The summed E-state index contributed by atoms with van der Waals surface area (Å²) in [6.45, 7) is 4.58. The topological polar surface area (TPSA) is 0 Å². The van der Waals surface area contributed by atoms with Crippen molar-refractivity contribution < 1.29 is 0 Å². The van der Waals surface area contributed by atoms with Gasteiger partial charge in [-0.3, -0.25) is 0 Å². The van der Waals surface area contributed by atoms with Crippen molar-refractivity contribution in [3.8, 4) is 0 Å². The molecule has 1 heterocycles. The Bertz CT molecular complexity index is 117. The van der Waals surface area contributed by atoms with Crippen LogP contribution < -0.4 is 0 Å². The van der Waals surface area contributed by atoms with E-state index in [9.17, 15) is 0 Å². The van der Waals surface area contributed by atoms with E-state index in [0.29, 0.717) is 31.1 Å². The Morgan fingerprint density at radius 3 is 2.43 bits per heavy atom. The van der Waals surface area contributed by atoms with Crippen LogP contribution in [0.5, 0.6) is 0 Å². The quantitative estimate of drug-likeness (QED) is 0.508. The molecule has 0 nitrogen and oxygen atoms in total. The number of hydrogen-bond donors (Lipinski definition) is 0. The third kappa shape index (κ3) is 1.59. The minimum absolute atomic E-state index is 0.319. The van der Waals surface area contributed by atoms with Gasteiger partial charge in [-0.2, -0.15) is 0 Å². The molecule has 0 fully saturated rings. The molecule has 0 amide bonds. The zero-order chi connectivity index (χ0) is 5.28. The van der Waals surface area contributed by atoms with Crippen LogP contribution in [0.25, 0.3) is 0 Å². The third-order valence-corrected chi connectivity index (χ3v) is 8.35. The zero-order valence-electron chi connectivity index (χ0n) is 4.52. The molecule has 0 N–H and O–H groups in total. The van der Waals surface area contributed by atoms with Crippen LogP contribution in [0.3, 0.4) is 0 Å². The van der Waals surface area contributed by atoms with Crippen LogP contribution in [0.1, 0.15) is 13.8 Å². The SMILES string of the molecule is CC1=C[As]=C(C)[AsH]1. The van der Waals surface area contributed by atoms with Gasteiger partial charge in [0.15, 0.2) is 0 Å². The van der Waals surface area contributed by atoms with Gasteiger partial charge in [0.25, 0.3) is 0 Å². The summed E-state index contributed by atoms with van der Waals surface area (Å²) in [5, 5.41) is 0. The van der Waals surface area contributed by atoms with Crippen LogP contribution in [0.15, 0.2) is 9.22 Å². The molecule has 0 spiro atoms. The van der Waals surface area contributed by atoms with Crippen molar-refractivity contribution in [1.82, 2.24) is 0 Å². The van der Waals surface area contributed by atoms with Gasteiger partial charge in [0.05, 0.1) is 0 Å². The van der Waals surface area contributed by atoms with Gasteiger partial charge in [-0.15, -0.1) is 0 Å². The first-order valence-electron chi connectivity index (χ1n) is 2.27. The van der Waals surface area contributed by atoms with E-state index < -0.39 is 0 Å². The number of rotatable bonds is 0. The van der Waals surface area contributed by atoms with Crippen molar-refractivity contribution in [3.63, 3.8) is 0 Å². The van der Waals surface area contributed by atoms with Crippen molar-refractivity contribution in [2.75, 3.05) is 0 Å². The second kappa shape index (κ2) is 2.33. The second-order valence-electron chi connectivity index (χ2n) is 1.65. The summed E-state index contributed by atoms with van der Waals surface area (Å²) in [4.78, 5) is 2.45. The molecule has 1 rings (SSSR count). The minimum atomic E-state index is 0.319. The zero-order valence-corrected chi connectivity index (χ0v) is 8.50. The first kappa shape index (κ1) is 5.86. The van der Waals surface area contributed by atoms with Gasteiger partial charge in [0, 0.05) is 0 Å². The van der Waals surface area contributed by atoms with Crippen LogP contribution in [-0.2, 0) is 0 Å². The summed E-state index contributed by atoms with van der Waals surface area (Å²) in [5.41, 5.74) is 0. The van der Waals surface area contributed by atoms with E-state index in [-0.39, 0.29) is 0 Å². The first-order chi connectivity index (χ1) is 3.29. The normalized spacial score (nSPS) is 24.9. The molecule has 1 atom stereocenters. The maximum atomic E-state index is 2.45. The number of hydrogen-bond acceptors (Lipinski definition) is 0. The van der Waals surface area contributed by atoms with Gasteiger partial charge < -0.3 is 0 Å². The van der Waals surface area contributed by atoms with E-state index in [1.54, 1.807) is 4.36 Å². The Hall–Kier alpha value is 0.727. The summed E-state index contributed by atoms with van der Waals surface area (Å²) in [6, 6.07) is 0. The van der Waals surface area contributed by atoms with Crippen LogP contribution in [0, 0.1) is 0 Å². The Morgan fingerprint density at radius 1 is 1.57 bits per heavy atom. The molecule has 38 valence electrons. The molecular formula is C5H8As2. The van der Waals surface area contributed by atoms with E-state index in [4.69, 9.17) is 0 Å². The molecule has 1 aliphatic rings. The fourth-order valence-corrected chi connectivity index (χ4v) is 7.56. The van der Waals surface area contributed by atoms with Crippen molar-refractivity contribution in [2.45, 2.75) is 13.8 Å². The third-order valence-electron chi connectivity index (χ3n) is 0.830. The van der Waals surface area contributed by atoms with Gasteiger partial charge in [-0.25, -0.2) is 0 Å². The Balaban J connectivity index is 2.61. The van der Waals surface area contributed by atoms with Gasteiger partial charge in [-0.05, 0) is 0 Å². The maximum absolute atomic E-state index is 2.45. The molecule has 0 saturated heterocycles. The summed E-state index contributed by atoms with van der Waals surface area (Å²) >= 11 is 0.892. The Morgan fingerprint density at radius 2 is 2.29 bits per heavy atom. The van der Waals surface area contributed by atoms with Crippen LogP contribution in [-0.4, -0.2) is 34.2 Å². The molecule has 0 aromatic rings. The molecule has 1 aliphatic heterocycles. The Labute approximate surface area is 57.3 Å². The standard InChI is InChI=1S/C5H8As2/c1-4-3-6-5(2)7-4/h3,7H,1-2H3. The van der Waals surface area contributed by atoms with E-state index in [2.05, 4.69) is 18.7 Å². The fraction of sp³-hybridized carbons (Fsp3) is 0.400. The summed E-state index contributed by atoms with van der Waals surface area (Å²) in [7, 11) is 0. The molecule has 2 heteroatoms. The summed E-state index contributed by atoms with van der Waals surface area (Å²) < 4.78 is 3.53. The molecule has 1 unspecified atom stereocenters. The molecule has 0 radical (unpaired) electrons. The molecule has 0 bridgehead atoms. The molecule has 0 saturated carbocycles. The van der Waals surface area contributed by atoms with E-state index >= 15 is 0 Å². The molecule has 0 aromatic carbocycles. The van der Waals surface area contributed by atoms with Crippen LogP contribution in [0.4, 0.5) is 0 Å². The number of allylic oxidation sites excluding steroid dienone is 1. The summed E-state index contributed by atoms with van der Waals surface area (Å²) in [5.74, 6) is 0. The van der Waals surface area contributed by atoms with E-state index in [1.807, 2.05) is 3.09 Å². The average Bonchev–Trinajstić information content (AvgIpc) is 1.87. The van der Waals surface area contributed by atoms with E-state index in [1.165, 1.54) is 0 Å².